The molecule has 27 heavy (non-hydrogen) atoms. The second kappa shape index (κ2) is 6.09. The van der Waals surface area contributed by atoms with Crippen LogP contribution in [0.4, 0.5) is 5.69 Å². The average molecular weight is 362 g/mol. The average Bonchev–Trinajstić information content (AvgIpc) is 3.38. The number of aliphatic imine (C=N–C) groups is 1. The Kier molecular flexibility index (Phi) is 3.57. The summed E-state index contributed by atoms with van der Waals surface area (Å²) in [4.78, 5) is 4.60. The molecule has 0 saturated heterocycles. The van der Waals surface area contributed by atoms with Gasteiger partial charge >= 0.3 is 0 Å². The van der Waals surface area contributed by atoms with Gasteiger partial charge in [-0.25, -0.2) is 0 Å². The number of ether oxygens (including phenoxy) is 4. The van der Waals surface area contributed by atoms with E-state index < -0.39 is 0 Å². The molecule has 2 aliphatic heterocycles. The van der Waals surface area contributed by atoms with Crippen molar-refractivity contribution in [3.8, 4) is 28.7 Å². The lowest BCUT2D eigenvalue weighted by molar-refractivity contribution is 0.173. The highest BCUT2D eigenvalue weighted by molar-refractivity contribution is 5.84. The molecule has 0 unspecified atom stereocenters. The summed E-state index contributed by atoms with van der Waals surface area (Å²) < 4.78 is 23.8. The Bertz CT molecular complexity index is 1070. The van der Waals surface area contributed by atoms with E-state index in [0.29, 0.717) is 0 Å². The minimum Gasteiger partial charge on any atom is -0.454 e. The van der Waals surface area contributed by atoms with Crippen LogP contribution in [-0.4, -0.2) is 24.4 Å². The fourth-order valence-electron chi connectivity index (χ4n) is 3.45. The van der Waals surface area contributed by atoms with E-state index in [2.05, 4.69) is 29.5 Å². The third-order valence-electron chi connectivity index (χ3n) is 4.79. The first-order chi connectivity index (χ1) is 13.2. The van der Waals surface area contributed by atoms with Crippen LogP contribution in [0.25, 0.3) is 5.69 Å². The molecule has 0 amide bonds. The molecular formula is C21H18N2O4. The lowest BCUT2D eigenvalue weighted by atomic mass is 10.2. The first kappa shape index (κ1) is 15.8. The molecule has 0 spiro atoms. The summed E-state index contributed by atoms with van der Waals surface area (Å²) in [6, 6.07) is 13.8. The van der Waals surface area contributed by atoms with Gasteiger partial charge in [-0.3, -0.25) is 4.99 Å². The number of rotatable bonds is 3. The zero-order valence-corrected chi connectivity index (χ0v) is 15.1. The molecular weight excluding hydrogens is 344 g/mol. The van der Waals surface area contributed by atoms with Crippen LogP contribution in [0.2, 0.25) is 0 Å². The molecule has 0 fully saturated rings. The smallest absolute Gasteiger partial charge is 0.231 e. The molecule has 136 valence electrons. The van der Waals surface area contributed by atoms with Crippen LogP contribution in [0.1, 0.15) is 17.0 Å². The summed E-state index contributed by atoms with van der Waals surface area (Å²) in [5.41, 5.74) is 5.15. The molecule has 6 heteroatoms. The molecule has 0 radical (unpaired) electrons. The van der Waals surface area contributed by atoms with Gasteiger partial charge in [0.2, 0.25) is 13.6 Å². The first-order valence-electron chi connectivity index (χ1n) is 8.72. The third-order valence-corrected chi connectivity index (χ3v) is 4.79. The summed E-state index contributed by atoms with van der Waals surface area (Å²) in [7, 11) is 0. The van der Waals surface area contributed by atoms with Gasteiger partial charge in [-0.05, 0) is 44.2 Å². The predicted octanol–water partition coefficient (Wildman–Crippen LogP) is 4.30. The third kappa shape index (κ3) is 2.70. The molecule has 0 bridgehead atoms. The highest BCUT2D eigenvalue weighted by atomic mass is 16.7. The SMILES string of the molecule is Cc1cc(C=Nc2ccc3c(c2)OCO3)c(C)n1-c1ccc2c(c1)OCO2. The molecule has 0 atom stereocenters. The van der Waals surface area contributed by atoms with Crippen LogP contribution in [0.3, 0.4) is 0 Å². The van der Waals surface area contributed by atoms with Crippen molar-refractivity contribution in [2.24, 2.45) is 4.99 Å². The van der Waals surface area contributed by atoms with Crippen LogP contribution < -0.4 is 18.9 Å². The van der Waals surface area contributed by atoms with Gasteiger partial charge in [-0.1, -0.05) is 0 Å². The van der Waals surface area contributed by atoms with Crippen LogP contribution in [0, 0.1) is 13.8 Å². The molecule has 0 aliphatic carbocycles. The number of aryl methyl sites for hydroxylation is 1. The van der Waals surface area contributed by atoms with Crippen molar-refractivity contribution in [1.29, 1.82) is 0 Å². The zero-order valence-electron chi connectivity index (χ0n) is 15.1. The topological polar surface area (TPSA) is 54.2 Å². The summed E-state index contributed by atoms with van der Waals surface area (Å²) in [6.07, 6.45) is 1.88. The predicted molar refractivity (Wildman–Crippen MR) is 101 cm³/mol. The van der Waals surface area contributed by atoms with Crippen molar-refractivity contribution in [1.82, 2.24) is 4.57 Å². The molecule has 3 heterocycles. The largest absolute Gasteiger partial charge is 0.454 e. The summed E-state index contributed by atoms with van der Waals surface area (Å²) >= 11 is 0. The van der Waals surface area contributed by atoms with Gasteiger partial charge in [0.15, 0.2) is 23.0 Å². The van der Waals surface area contributed by atoms with E-state index in [4.69, 9.17) is 18.9 Å². The van der Waals surface area contributed by atoms with E-state index in [1.54, 1.807) is 0 Å². The quantitative estimate of drug-likeness (QED) is 0.652. The molecule has 6 nitrogen and oxygen atoms in total. The fourth-order valence-corrected chi connectivity index (χ4v) is 3.45. The Labute approximate surface area is 156 Å². The van der Waals surface area contributed by atoms with E-state index in [9.17, 15) is 0 Å². The second-order valence-electron chi connectivity index (χ2n) is 6.50. The zero-order chi connectivity index (χ0) is 18.4. The van der Waals surface area contributed by atoms with Crippen molar-refractivity contribution in [3.63, 3.8) is 0 Å². The monoisotopic (exact) mass is 362 g/mol. The van der Waals surface area contributed by atoms with Crippen molar-refractivity contribution in [2.75, 3.05) is 13.6 Å². The minimum absolute atomic E-state index is 0.263. The molecule has 5 rings (SSSR count). The van der Waals surface area contributed by atoms with Gasteiger partial charge in [-0.15, -0.1) is 0 Å². The Morgan fingerprint density at radius 2 is 1.48 bits per heavy atom. The maximum Gasteiger partial charge on any atom is 0.231 e. The number of fused-ring (bicyclic) bond motifs is 2. The van der Waals surface area contributed by atoms with E-state index in [0.717, 1.165) is 51.3 Å². The Balaban J connectivity index is 1.47. The highest BCUT2D eigenvalue weighted by Gasteiger charge is 2.17. The van der Waals surface area contributed by atoms with Gasteiger partial charge < -0.3 is 23.5 Å². The maximum absolute atomic E-state index is 5.51. The van der Waals surface area contributed by atoms with E-state index in [1.807, 2.05) is 42.6 Å². The Hall–Kier alpha value is -3.41. The summed E-state index contributed by atoms with van der Waals surface area (Å²) in [6.45, 7) is 4.70. The van der Waals surface area contributed by atoms with E-state index in [1.165, 1.54) is 0 Å². The standard InChI is InChI=1S/C21H18N2O4/c1-13-7-15(10-22-16-3-5-18-20(8-16)26-11-24-18)14(2)23(13)17-4-6-19-21(9-17)27-12-25-19/h3-10H,11-12H2,1-2H3. The number of hydrogen-bond donors (Lipinski definition) is 0. The van der Waals surface area contributed by atoms with Crippen molar-refractivity contribution in [2.45, 2.75) is 13.8 Å². The maximum atomic E-state index is 5.51. The summed E-state index contributed by atoms with van der Waals surface area (Å²) in [5.74, 6) is 3.05. The van der Waals surface area contributed by atoms with Crippen molar-refractivity contribution < 1.29 is 18.9 Å². The highest BCUT2D eigenvalue weighted by Crippen LogP contribution is 2.36. The molecule has 2 aliphatic rings. The molecule has 0 N–H and O–H groups in total. The van der Waals surface area contributed by atoms with Crippen molar-refractivity contribution >= 4 is 11.9 Å². The van der Waals surface area contributed by atoms with Gasteiger partial charge in [0.25, 0.3) is 0 Å². The van der Waals surface area contributed by atoms with Crippen LogP contribution in [0.15, 0.2) is 47.5 Å². The number of nitrogens with zero attached hydrogens (tertiary/aromatic N) is 2. The van der Waals surface area contributed by atoms with Gasteiger partial charge in [0.1, 0.15) is 0 Å². The van der Waals surface area contributed by atoms with Crippen LogP contribution in [-0.2, 0) is 0 Å². The van der Waals surface area contributed by atoms with Gasteiger partial charge in [-0.2, -0.15) is 0 Å². The Morgan fingerprint density at radius 3 is 2.26 bits per heavy atom. The molecule has 3 aromatic rings. The molecule has 2 aromatic carbocycles. The first-order valence-corrected chi connectivity index (χ1v) is 8.72. The lowest BCUT2D eigenvalue weighted by Crippen LogP contribution is -1.99. The van der Waals surface area contributed by atoms with Crippen molar-refractivity contribution in [3.05, 3.63) is 59.4 Å². The second-order valence-corrected chi connectivity index (χ2v) is 6.50. The van der Waals surface area contributed by atoms with E-state index >= 15 is 0 Å². The van der Waals surface area contributed by atoms with Crippen LogP contribution >= 0.6 is 0 Å². The number of benzene rings is 2. The molecule has 0 saturated carbocycles. The number of aromatic nitrogens is 1. The number of hydrogen-bond acceptors (Lipinski definition) is 5. The summed E-state index contributed by atoms with van der Waals surface area (Å²) in [5, 5.41) is 0. The van der Waals surface area contributed by atoms with E-state index in [-0.39, 0.29) is 13.6 Å². The minimum atomic E-state index is 0.263. The Morgan fingerprint density at radius 1 is 0.815 bits per heavy atom. The normalized spacial score (nSPS) is 14.3. The lowest BCUT2D eigenvalue weighted by Gasteiger charge is -2.10. The molecule has 1 aromatic heterocycles. The van der Waals surface area contributed by atoms with Crippen LogP contribution in [0.5, 0.6) is 23.0 Å². The fraction of sp³-hybridized carbons (Fsp3) is 0.190. The van der Waals surface area contributed by atoms with Gasteiger partial charge in [0, 0.05) is 41.0 Å². The van der Waals surface area contributed by atoms with Gasteiger partial charge in [0.05, 0.1) is 5.69 Å².